The van der Waals surface area contributed by atoms with E-state index in [2.05, 4.69) is 15.5 Å². The van der Waals surface area contributed by atoms with Gasteiger partial charge in [-0.15, -0.1) is 0 Å². The summed E-state index contributed by atoms with van der Waals surface area (Å²) in [7, 11) is 0. The number of alkyl halides is 2. The number of hydrazine groups is 1. The van der Waals surface area contributed by atoms with Crippen molar-refractivity contribution in [3.8, 4) is 5.75 Å². The maximum Gasteiger partial charge on any atom is 0.387 e. The van der Waals surface area contributed by atoms with Gasteiger partial charge in [-0.1, -0.05) is 31.4 Å². The summed E-state index contributed by atoms with van der Waals surface area (Å²) in [6.45, 7) is -3.97. The summed E-state index contributed by atoms with van der Waals surface area (Å²) >= 11 is 0. The zero-order valence-corrected chi connectivity index (χ0v) is 15.3. The summed E-state index contributed by atoms with van der Waals surface area (Å²) in [6, 6.07) is 4.39. The molecule has 0 unspecified atom stereocenters. The van der Waals surface area contributed by atoms with Crippen LogP contribution in [0.3, 0.4) is 0 Å². The van der Waals surface area contributed by atoms with Gasteiger partial charge >= 0.3 is 18.6 Å². The van der Waals surface area contributed by atoms with Gasteiger partial charge in [0.25, 0.3) is 11.8 Å². The Labute approximate surface area is 164 Å². The first-order valence-corrected chi connectivity index (χ1v) is 8.99. The van der Waals surface area contributed by atoms with Crippen molar-refractivity contribution in [1.82, 2.24) is 15.8 Å². The van der Waals surface area contributed by atoms with Crippen LogP contribution in [-0.4, -0.2) is 47.6 Å². The van der Waals surface area contributed by atoms with E-state index < -0.39 is 48.3 Å². The summed E-state index contributed by atoms with van der Waals surface area (Å²) < 4.78 is 33.8. The van der Waals surface area contributed by atoms with Crippen molar-refractivity contribution >= 4 is 23.8 Å². The summed E-state index contributed by atoms with van der Waals surface area (Å²) in [5, 5.41) is 3.20. The SMILES string of the molecule is O=C(COC(=O)c1ccccc1OC(F)F)NN1C(=O)NC2(CCCCC2)C1=O. The molecule has 0 bridgehead atoms. The maximum absolute atomic E-state index is 12.6. The molecule has 1 aliphatic heterocycles. The molecule has 3 rings (SSSR count). The molecule has 0 radical (unpaired) electrons. The highest BCUT2D eigenvalue weighted by Crippen LogP contribution is 2.33. The second-order valence-electron chi connectivity index (χ2n) is 6.70. The predicted molar refractivity (Wildman–Crippen MR) is 92.7 cm³/mol. The van der Waals surface area contributed by atoms with Gasteiger partial charge in [0, 0.05) is 0 Å². The molecule has 1 aliphatic carbocycles. The second-order valence-corrected chi connectivity index (χ2v) is 6.70. The van der Waals surface area contributed by atoms with Gasteiger partial charge < -0.3 is 14.8 Å². The van der Waals surface area contributed by atoms with Crippen molar-refractivity contribution in [1.29, 1.82) is 0 Å². The van der Waals surface area contributed by atoms with Crippen LogP contribution in [0.25, 0.3) is 0 Å². The van der Waals surface area contributed by atoms with E-state index in [0.29, 0.717) is 17.9 Å². The molecule has 1 aromatic carbocycles. The van der Waals surface area contributed by atoms with E-state index in [1.165, 1.54) is 18.2 Å². The number of ether oxygens (including phenoxy) is 2. The minimum Gasteiger partial charge on any atom is -0.452 e. The number of benzene rings is 1. The molecular formula is C18H19F2N3O6. The number of carbonyl (C=O) groups excluding carboxylic acids is 4. The molecule has 1 spiro atoms. The van der Waals surface area contributed by atoms with E-state index in [0.717, 1.165) is 25.3 Å². The molecule has 1 aromatic rings. The molecule has 2 fully saturated rings. The Hall–Kier alpha value is -3.24. The molecule has 0 aromatic heterocycles. The first-order chi connectivity index (χ1) is 13.8. The summed E-state index contributed by atoms with van der Waals surface area (Å²) in [5.41, 5.74) is 0.804. The molecule has 1 saturated carbocycles. The van der Waals surface area contributed by atoms with E-state index in [9.17, 15) is 28.0 Å². The highest BCUT2D eigenvalue weighted by Gasteiger charge is 2.52. The standard InChI is InChI=1S/C18H19F2N3O6/c19-16(20)29-12-7-3-2-6-11(12)14(25)28-10-13(24)22-23-15(26)18(21-17(23)27)8-4-1-5-9-18/h2-3,6-7,16H,1,4-5,8-10H2,(H,21,27)(H,22,24). The van der Waals surface area contributed by atoms with E-state index in [1.807, 2.05) is 0 Å². The molecule has 2 aliphatic rings. The van der Waals surface area contributed by atoms with Crippen LogP contribution in [0.1, 0.15) is 42.5 Å². The van der Waals surface area contributed by atoms with Crippen molar-refractivity contribution in [2.75, 3.05) is 6.61 Å². The number of hydrogen-bond acceptors (Lipinski definition) is 6. The molecule has 4 amide bonds. The Balaban J connectivity index is 1.57. The molecular weight excluding hydrogens is 392 g/mol. The van der Waals surface area contributed by atoms with Crippen LogP contribution in [-0.2, 0) is 14.3 Å². The first-order valence-electron chi connectivity index (χ1n) is 8.99. The Morgan fingerprint density at radius 3 is 2.55 bits per heavy atom. The summed E-state index contributed by atoms with van der Waals surface area (Å²) in [5.74, 6) is -2.96. The van der Waals surface area contributed by atoms with Gasteiger partial charge in [-0.25, -0.2) is 9.59 Å². The minimum absolute atomic E-state index is 0.295. The molecule has 1 saturated heterocycles. The van der Waals surface area contributed by atoms with Gasteiger partial charge in [0.15, 0.2) is 6.61 Å². The van der Waals surface area contributed by atoms with Crippen LogP contribution in [0, 0.1) is 0 Å². The quantitative estimate of drug-likeness (QED) is 0.544. The first kappa shape index (κ1) is 20.5. The van der Waals surface area contributed by atoms with Crippen molar-refractivity contribution in [3.63, 3.8) is 0 Å². The molecule has 11 heteroatoms. The van der Waals surface area contributed by atoms with E-state index in [-0.39, 0.29) is 5.56 Å². The zero-order chi connectivity index (χ0) is 21.0. The topological polar surface area (TPSA) is 114 Å². The number of imide groups is 1. The monoisotopic (exact) mass is 411 g/mol. The lowest BCUT2D eigenvalue weighted by Gasteiger charge is -2.30. The fourth-order valence-electron chi connectivity index (χ4n) is 3.42. The Morgan fingerprint density at radius 1 is 1.17 bits per heavy atom. The van der Waals surface area contributed by atoms with Gasteiger partial charge in [0.1, 0.15) is 16.9 Å². The van der Waals surface area contributed by atoms with Crippen LogP contribution in [0.5, 0.6) is 5.75 Å². The lowest BCUT2D eigenvalue weighted by atomic mass is 9.82. The lowest BCUT2D eigenvalue weighted by Crippen LogP contribution is -2.51. The number of hydrogen-bond donors (Lipinski definition) is 2. The molecule has 0 atom stereocenters. The fourth-order valence-corrected chi connectivity index (χ4v) is 3.42. The average Bonchev–Trinajstić information content (AvgIpc) is 2.90. The number of esters is 1. The number of rotatable bonds is 6. The number of nitrogens with zero attached hydrogens (tertiary/aromatic N) is 1. The van der Waals surface area contributed by atoms with Gasteiger partial charge in [-0.05, 0) is 25.0 Å². The van der Waals surface area contributed by atoms with Gasteiger partial charge in [-0.3, -0.25) is 15.0 Å². The average molecular weight is 411 g/mol. The highest BCUT2D eigenvalue weighted by molar-refractivity contribution is 6.08. The smallest absolute Gasteiger partial charge is 0.387 e. The van der Waals surface area contributed by atoms with Gasteiger partial charge in [0.05, 0.1) is 0 Å². The Kier molecular flexibility index (Phi) is 5.95. The van der Waals surface area contributed by atoms with Crippen LogP contribution >= 0.6 is 0 Å². The predicted octanol–water partition coefficient (Wildman–Crippen LogP) is 1.73. The van der Waals surface area contributed by atoms with Crippen LogP contribution in [0.15, 0.2) is 24.3 Å². The van der Waals surface area contributed by atoms with Gasteiger partial charge in [-0.2, -0.15) is 13.8 Å². The van der Waals surface area contributed by atoms with Gasteiger partial charge in [0.2, 0.25) is 0 Å². The zero-order valence-electron chi connectivity index (χ0n) is 15.3. The van der Waals surface area contributed by atoms with Crippen LogP contribution in [0.2, 0.25) is 0 Å². The highest BCUT2D eigenvalue weighted by atomic mass is 19.3. The summed E-state index contributed by atoms with van der Waals surface area (Å²) in [4.78, 5) is 48.8. The van der Waals surface area contributed by atoms with Crippen LogP contribution in [0.4, 0.5) is 13.6 Å². The van der Waals surface area contributed by atoms with E-state index in [4.69, 9.17) is 4.74 Å². The number of carbonyl (C=O) groups is 4. The number of halogens is 2. The second kappa shape index (κ2) is 8.41. The van der Waals surface area contributed by atoms with Crippen LogP contribution < -0.4 is 15.5 Å². The van der Waals surface area contributed by atoms with E-state index in [1.54, 1.807) is 0 Å². The third-order valence-corrected chi connectivity index (χ3v) is 4.76. The van der Waals surface area contributed by atoms with Crippen molar-refractivity contribution in [2.24, 2.45) is 0 Å². The van der Waals surface area contributed by atoms with Crippen molar-refractivity contribution in [2.45, 2.75) is 44.3 Å². The maximum atomic E-state index is 12.6. The number of nitrogens with one attached hydrogen (secondary N) is 2. The normalized spacial score (nSPS) is 18.0. The number of para-hydroxylation sites is 1. The number of amides is 4. The Bertz CT molecular complexity index is 826. The van der Waals surface area contributed by atoms with E-state index >= 15 is 0 Å². The number of urea groups is 1. The Morgan fingerprint density at radius 2 is 1.86 bits per heavy atom. The fraction of sp³-hybridized carbons (Fsp3) is 0.444. The third kappa shape index (κ3) is 4.44. The molecule has 1 heterocycles. The largest absolute Gasteiger partial charge is 0.452 e. The van der Waals surface area contributed by atoms with Crippen molar-refractivity contribution < 1.29 is 37.4 Å². The summed E-state index contributed by atoms with van der Waals surface area (Å²) in [6.07, 6.45) is 3.50. The molecule has 2 N–H and O–H groups in total. The molecule has 9 nitrogen and oxygen atoms in total. The lowest BCUT2D eigenvalue weighted by molar-refractivity contribution is -0.140. The molecule has 156 valence electrons. The molecule has 29 heavy (non-hydrogen) atoms. The third-order valence-electron chi connectivity index (χ3n) is 4.76. The minimum atomic E-state index is -3.14. The van der Waals surface area contributed by atoms with Crippen molar-refractivity contribution in [3.05, 3.63) is 29.8 Å².